The number of nitrogens with zero attached hydrogens (tertiary/aromatic N) is 1. The van der Waals surface area contributed by atoms with Crippen LogP contribution in [0.4, 0.5) is 0 Å². The minimum absolute atomic E-state index is 0.0797. The van der Waals surface area contributed by atoms with Gasteiger partial charge in [0.05, 0.1) is 6.61 Å². The summed E-state index contributed by atoms with van der Waals surface area (Å²) < 4.78 is 11.1. The van der Waals surface area contributed by atoms with Crippen molar-refractivity contribution < 1.29 is 9.47 Å². The van der Waals surface area contributed by atoms with Gasteiger partial charge in [0.25, 0.3) is 0 Å². The molecular weight excluding hydrogens is 242 g/mol. The molecule has 104 valence electrons. The SMILES string of the molecule is N=C(N)c1ccc(OCCN2CCCOCC2)cc1. The zero-order chi connectivity index (χ0) is 13.5. The van der Waals surface area contributed by atoms with E-state index in [1.165, 1.54) is 0 Å². The first-order chi connectivity index (χ1) is 9.25. The molecule has 5 nitrogen and oxygen atoms in total. The third kappa shape index (κ3) is 4.54. The predicted octanol–water partition coefficient (Wildman–Crippen LogP) is 1.07. The highest BCUT2D eigenvalue weighted by atomic mass is 16.5. The maximum absolute atomic E-state index is 7.32. The smallest absolute Gasteiger partial charge is 0.122 e. The Kier molecular flexibility index (Phi) is 5.18. The van der Waals surface area contributed by atoms with E-state index in [0.717, 1.165) is 50.6 Å². The van der Waals surface area contributed by atoms with Crippen LogP contribution < -0.4 is 10.5 Å². The van der Waals surface area contributed by atoms with Gasteiger partial charge in [0.1, 0.15) is 18.2 Å². The molecule has 1 saturated heterocycles. The molecule has 0 aromatic heterocycles. The molecule has 1 heterocycles. The van der Waals surface area contributed by atoms with E-state index in [1.54, 1.807) is 12.1 Å². The van der Waals surface area contributed by atoms with Gasteiger partial charge in [-0.15, -0.1) is 0 Å². The number of nitrogen functional groups attached to an aromatic ring is 1. The second-order valence-corrected chi connectivity index (χ2v) is 4.59. The second-order valence-electron chi connectivity index (χ2n) is 4.59. The van der Waals surface area contributed by atoms with E-state index in [-0.39, 0.29) is 5.84 Å². The molecular formula is C14H21N3O2. The van der Waals surface area contributed by atoms with Crippen molar-refractivity contribution in [2.75, 3.05) is 39.5 Å². The third-order valence-electron chi connectivity index (χ3n) is 3.16. The Hall–Kier alpha value is -1.59. The fraction of sp³-hybridized carbons (Fsp3) is 0.500. The summed E-state index contributed by atoms with van der Waals surface area (Å²) in [6.07, 6.45) is 1.09. The van der Waals surface area contributed by atoms with Crippen molar-refractivity contribution in [2.24, 2.45) is 5.73 Å². The molecule has 0 bridgehead atoms. The highest BCUT2D eigenvalue weighted by molar-refractivity contribution is 5.94. The number of rotatable bonds is 5. The number of hydrogen-bond donors (Lipinski definition) is 2. The summed E-state index contributed by atoms with van der Waals surface area (Å²) in [5, 5.41) is 7.32. The van der Waals surface area contributed by atoms with Crippen LogP contribution in [0.3, 0.4) is 0 Å². The van der Waals surface area contributed by atoms with Crippen molar-refractivity contribution >= 4 is 5.84 Å². The van der Waals surface area contributed by atoms with Crippen molar-refractivity contribution in [3.8, 4) is 5.75 Å². The Morgan fingerprint density at radius 3 is 2.79 bits per heavy atom. The molecule has 0 spiro atoms. The summed E-state index contributed by atoms with van der Waals surface area (Å²) in [5.74, 6) is 0.896. The fourth-order valence-corrected chi connectivity index (χ4v) is 2.04. The van der Waals surface area contributed by atoms with Crippen LogP contribution in [0.15, 0.2) is 24.3 Å². The molecule has 0 saturated carbocycles. The molecule has 0 amide bonds. The van der Waals surface area contributed by atoms with E-state index >= 15 is 0 Å². The quantitative estimate of drug-likeness (QED) is 0.616. The van der Waals surface area contributed by atoms with Crippen LogP contribution in [0.1, 0.15) is 12.0 Å². The minimum Gasteiger partial charge on any atom is -0.492 e. The van der Waals surface area contributed by atoms with Crippen LogP contribution >= 0.6 is 0 Å². The summed E-state index contributed by atoms with van der Waals surface area (Å²) in [7, 11) is 0. The average Bonchev–Trinajstić information content (AvgIpc) is 2.68. The van der Waals surface area contributed by atoms with Gasteiger partial charge in [-0.3, -0.25) is 10.3 Å². The van der Waals surface area contributed by atoms with Gasteiger partial charge in [-0.05, 0) is 30.7 Å². The average molecular weight is 263 g/mol. The highest BCUT2D eigenvalue weighted by Crippen LogP contribution is 2.11. The number of nitrogens with two attached hydrogens (primary N) is 1. The van der Waals surface area contributed by atoms with Crippen molar-refractivity contribution in [3.63, 3.8) is 0 Å². The first-order valence-corrected chi connectivity index (χ1v) is 6.63. The molecule has 0 aliphatic carbocycles. The summed E-state index contributed by atoms with van der Waals surface area (Å²) in [5.41, 5.74) is 6.12. The molecule has 19 heavy (non-hydrogen) atoms. The Bertz CT molecular complexity index is 398. The predicted molar refractivity (Wildman–Crippen MR) is 74.8 cm³/mol. The lowest BCUT2D eigenvalue weighted by molar-refractivity contribution is 0.137. The largest absolute Gasteiger partial charge is 0.492 e. The first-order valence-electron chi connectivity index (χ1n) is 6.63. The van der Waals surface area contributed by atoms with Crippen molar-refractivity contribution in [1.82, 2.24) is 4.90 Å². The molecule has 1 aliphatic heterocycles. The topological polar surface area (TPSA) is 71.6 Å². The van der Waals surface area contributed by atoms with Gasteiger partial charge in [-0.2, -0.15) is 0 Å². The Morgan fingerprint density at radius 2 is 2.05 bits per heavy atom. The minimum atomic E-state index is 0.0797. The van der Waals surface area contributed by atoms with Crippen molar-refractivity contribution in [2.45, 2.75) is 6.42 Å². The van der Waals surface area contributed by atoms with Gasteiger partial charge in [-0.25, -0.2) is 0 Å². The van der Waals surface area contributed by atoms with Crippen LogP contribution in [0.5, 0.6) is 5.75 Å². The van der Waals surface area contributed by atoms with E-state index in [4.69, 9.17) is 20.6 Å². The third-order valence-corrected chi connectivity index (χ3v) is 3.16. The summed E-state index contributed by atoms with van der Waals surface area (Å²) in [6.45, 7) is 5.31. The first kappa shape index (κ1) is 13.8. The lowest BCUT2D eigenvalue weighted by atomic mass is 10.2. The van der Waals surface area contributed by atoms with E-state index in [9.17, 15) is 0 Å². The second kappa shape index (κ2) is 7.11. The zero-order valence-electron chi connectivity index (χ0n) is 11.1. The summed E-state index contributed by atoms with van der Waals surface area (Å²) in [6, 6.07) is 7.30. The van der Waals surface area contributed by atoms with Crippen LogP contribution in [0, 0.1) is 5.41 Å². The van der Waals surface area contributed by atoms with Crippen molar-refractivity contribution in [1.29, 1.82) is 5.41 Å². The fourth-order valence-electron chi connectivity index (χ4n) is 2.04. The molecule has 0 unspecified atom stereocenters. The van der Waals surface area contributed by atoms with Gasteiger partial charge in [0.2, 0.25) is 0 Å². The van der Waals surface area contributed by atoms with Crippen LogP contribution in [-0.4, -0.2) is 50.2 Å². The molecule has 1 fully saturated rings. The number of ether oxygens (including phenoxy) is 2. The lowest BCUT2D eigenvalue weighted by Crippen LogP contribution is -2.30. The Morgan fingerprint density at radius 1 is 1.26 bits per heavy atom. The lowest BCUT2D eigenvalue weighted by Gasteiger charge is -2.19. The maximum atomic E-state index is 7.32. The summed E-state index contributed by atoms with van der Waals surface area (Å²) >= 11 is 0. The van der Waals surface area contributed by atoms with Gasteiger partial charge in [0, 0.05) is 31.8 Å². The van der Waals surface area contributed by atoms with Gasteiger partial charge in [-0.1, -0.05) is 0 Å². The van der Waals surface area contributed by atoms with Gasteiger partial charge >= 0.3 is 0 Å². The Labute approximate surface area is 113 Å². The van der Waals surface area contributed by atoms with E-state index in [0.29, 0.717) is 6.61 Å². The van der Waals surface area contributed by atoms with Crippen LogP contribution in [0.25, 0.3) is 0 Å². The van der Waals surface area contributed by atoms with Crippen molar-refractivity contribution in [3.05, 3.63) is 29.8 Å². The maximum Gasteiger partial charge on any atom is 0.122 e. The highest BCUT2D eigenvalue weighted by Gasteiger charge is 2.08. The normalized spacial score (nSPS) is 16.8. The van der Waals surface area contributed by atoms with Gasteiger partial charge in [0.15, 0.2) is 0 Å². The Balaban J connectivity index is 1.74. The standard InChI is InChI=1S/C14H21N3O2/c15-14(16)12-2-4-13(5-3-12)19-11-8-17-6-1-9-18-10-7-17/h2-5H,1,6-11H2,(H3,15,16). The van der Waals surface area contributed by atoms with E-state index in [1.807, 2.05) is 12.1 Å². The van der Waals surface area contributed by atoms with Crippen LogP contribution in [0.2, 0.25) is 0 Å². The number of hydrogen-bond acceptors (Lipinski definition) is 4. The number of benzene rings is 1. The van der Waals surface area contributed by atoms with Crippen LogP contribution in [-0.2, 0) is 4.74 Å². The van der Waals surface area contributed by atoms with E-state index in [2.05, 4.69) is 4.90 Å². The molecule has 1 aromatic carbocycles. The molecule has 5 heteroatoms. The molecule has 3 N–H and O–H groups in total. The molecule has 0 radical (unpaired) electrons. The molecule has 0 atom stereocenters. The van der Waals surface area contributed by atoms with Gasteiger partial charge < -0.3 is 15.2 Å². The summed E-state index contributed by atoms with van der Waals surface area (Å²) in [4.78, 5) is 2.36. The molecule has 2 rings (SSSR count). The molecule has 1 aromatic rings. The number of nitrogens with one attached hydrogen (secondary N) is 1. The molecule has 1 aliphatic rings. The zero-order valence-corrected chi connectivity index (χ0v) is 11.1. The number of amidine groups is 1. The monoisotopic (exact) mass is 263 g/mol. The van der Waals surface area contributed by atoms with E-state index < -0.39 is 0 Å².